The molecule has 1 fully saturated rings. The van der Waals surface area contributed by atoms with Crippen LogP contribution in [0.1, 0.15) is 29.8 Å². The number of anilines is 1. The quantitative estimate of drug-likeness (QED) is 0.758. The summed E-state index contributed by atoms with van der Waals surface area (Å²) in [6, 6.07) is 0. The minimum Gasteiger partial charge on any atom is -0.396 e. The summed E-state index contributed by atoms with van der Waals surface area (Å²) < 4.78 is 1.55. The number of rotatable bonds is 4. The maximum absolute atomic E-state index is 11.6. The summed E-state index contributed by atoms with van der Waals surface area (Å²) in [6.07, 6.45) is 5.32. The van der Waals surface area contributed by atoms with E-state index in [1.54, 1.807) is 17.9 Å². The summed E-state index contributed by atoms with van der Waals surface area (Å²) in [4.78, 5) is 11.6. The molecule has 5 nitrogen and oxygen atoms in total. The van der Waals surface area contributed by atoms with Crippen molar-refractivity contribution in [3.63, 3.8) is 0 Å². The van der Waals surface area contributed by atoms with Gasteiger partial charge in [-0.1, -0.05) is 12.8 Å². The third kappa shape index (κ3) is 2.49. The minimum absolute atomic E-state index is 0.172. The highest BCUT2D eigenvalue weighted by atomic mass is 16.1. The third-order valence-electron chi connectivity index (χ3n) is 2.61. The van der Waals surface area contributed by atoms with Crippen LogP contribution in [0, 0.1) is 5.92 Å². The number of nitrogens with one attached hydrogen (secondary N) is 1. The van der Waals surface area contributed by atoms with Crippen molar-refractivity contribution >= 4 is 11.6 Å². The molecule has 3 N–H and O–H groups in total. The van der Waals surface area contributed by atoms with Crippen LogP contribution in [-0.2, 0) is 7.05 Å². The molecule has 0 saturated heterocycles. The van der Waals surface area contributed by atoms with E-state index in [4.69, 9.17) is 5.73 Å². The smallest absolute Gasteiger partial charge is 0.273 e. The lowest BCUT2D eigenvalue weighted by molar-refractivity contribution is 0.0948. The van der Waals surface area contributed by atoms with E-state index in [9.17, 15) is 4.79 Å². The van der Waals surface area contributed by atoms with Crippen molar-refractivity contribution in [2.45, 2.75) is 19.3 Å². The summed E-state index contributed by atoms with van der Waals surface area (Å²) in [5, 5.41) is 6.83. The number of hydrogen-bond acceptors (Lipinski definition) is 3. The van der Waals surface area contributed by atoms with E-state index in [0.29, 0.717) is 11.4 Å². The zero-order valence-corrected chi connectivity index (χ0v) is 8.86. The molecule has 1 amide bonds. The van der Waals surface area contributed by atoms with Gasteiger partial charge in [-0.3, -0.25) is 9.48 Å². The van der Waals surface area contributed by atoms with Gasteiger partial charge >= 0.3 is 0 Å². The first kappa shape index (κ1) is 10.0. The van der Waals surface area contributed by atoms with Crippen LogP contribution in [-0.4, -0.2) is 22.2 Å². The zero-order chi connectivity index (χ0) is 10.8. The van der Waals surface area contributed by atoms with Crippen LogP contribution in [0.5, 0.6) is 0 Å². The van der Waals surface area contributed by atoms with Gasteiger partial charge in [0, 0.05) is 19.8 Å². The summed E-state index contributed by atoms with van der Waals surface area (Å²) in [5.41, 5.74) is 6.40. The molecule has 1 aliphatic carbocycles. The summed E-state index contributed by atoms with van der Waals surface area (Å²) >= 11 is 0. The number of hydrogen-bond donors (Lipinski definition) is 2. The molecule has 1 aliphatic rings. The van der Waals surface area contributed by atoms with E-state index in [1.807, 2.05) is 0 Å². The van der Waals surface area contributed by atoms with Crippen molar-refractivity contribution in [2.24, 2.45) is 13.0 Å². The normalized spacial score (nSPS) is 15.3. The second kappa shape index (κ2) is 3.92. The molecule has 5 heteroatoms. The van der Waals surface area contributed by atoms with Gasteiger partial charge in [0.25, 0.3) is 5.91 Å². The van der Waals surface area contributed by atoms with Gasteiger partial charge in [0.1, 0.15) is 0 Å². The van der Waals surface area contributed by atoms with Gasteiger partial charge in [-0.05, 0) is 12.3 Å². The van der Waals surface area contributed by atoms with Gasteiger partial charge in [-0.2, -0.15) is 5.10 Å². The molecule has 15 heavy (non-hydrogen) atoms. The molecular weight excluding hydrogens is 192 g/mol. The molecule has 2 rings (SSSR count). The lowest BCUT2D eigenvalue weighted by Gasteiger charge is -2.02. The van der Waals surface area contributed by atoms with Crippen LogP contribution in [0.15, 0.2) is 6.20 Å². The Morgan fingerprint density at radius 2 is 2.47 bits per heavy atom. The van der Waals surface area contributed by atoms with Gasteiger partial charge in [0.2, 0.25) is 0 Å². The highest BCUT2D eigenvalue weighted by Gasteiger charge is 2.21. The Morgan fingerprint density at radius 1 is 1.73 bits per heavy atom. The van der Waals surface area contributed by atoms with Crippen LogP contribution in [0.25, 0.3) is 0 Å². The van der Waals surface area contributed by atoms with Crippen LogP contribution < -0.4 is 11.1 Å². The number of carbonyl (C=O) groups is 1. The molecule has 1 aromatic heterocycles. The Morgan fingerprint density at radius 3 is 3.00 bits per heavy atom. The predicted octanol–water partition coefficient (Wildman–Crippen LogP) is 0.532. The average Bonchev–Trinajstić information content (AvgIpc) is 2.92. The van der Waals surface area contributed by atoms with Gasteiger partial charge < -0.3 is 11.1 Å². The molecule has 0 unspecified atom stereocenters. The first-order valence-corrected chi connectivity index (χ1v) is 5.24. The molecule has 0 radical (unpaired) electrons. The molecule has 0 aromatic carbocycles. The zero-order valence-electron chi connectivity index (χ0n) is 8.86. The van der Waals surface area contributed by atoms with E-state index in [1.165, 1.54) is 12.8 Å². The number of carbonyl (C=O) groups excluding carboxylic acids is 1. The number of amides is 1. The van der Waals surface area contributed by atoms with E-state index in [2.05, 4.69) is 10.4 Å². The fourth-order valence-electron chi connectivity index (χ4n) is 1.56. The fraction of sp³-hybridized carbons (Fsp3) is 0.600. The van der Waals surface area contributed by atoms with Gasteiger partial charge in [0.05, 0.1) is 5.69 Å². The molecule has 0 aliphatic heterocycles. The van der Waals surface area contributed by atoms with Crippen molar-refractivity contribution in [1.29, 1.82) is 0 Å². The Balaban J connectivity index is 1.86. The summed E-state index contributed by atoms with van der Waals surface area (Å²) in [5.74, 6) is 0.653. The number of aryl methyl sites for hydroxylation is 1. The molecule has 1 saturated carbocycles. The number of aromatic nitrogens is 2. The van der Waals surface area contributed by atoms with Crippen molar-refractivity contribution in [1.82, 2.24) is 15.1 Å². The topological polar surface area (TPSA) is 72.9 Å². The number of nitrogens with zero attached hydrogens (tertiary/aromatic N) is 2. The Hall–Kier alpha value is -1.52. The molecule has 1 aromatic rings. The van der Waals surface area contributed by atoms with Crippen molar-refractivity contribution in [3.05, 3.63) is 11.9 Å². The predicted molar refractivity (Wildman–Crippen MR) is 57.3 cm³/mol. The van der Waals surface area contributed by atoms with Crippen LogP contribution in [0.4, 0.5) is 5.69 Å². The van der Waals surface area contributed by atoms with E-state index in [-0.39, 0.29) is 5.91 Å². The maximum Gasteiger partial charge on any atom is 0.273 e. The first-order chi connectivity index (χ1) is 7.16. The molecule has 0 spiro atoms. The van der Waals surface area contributed by atoms with Crippen molar-refractivity contribution < 1.29 is 4.79 Å². The Kier molecular flexibility index (Phi) is 2.62. The molecule has 1 heterocycles. The largest absolute Gasteiger partial charge is 0.396 e. The number of nitrogens with two attached hydrogens (primary N) is 1. The summed E-state index contributed by atoms with van der Waals surface area (Å²) in [7, 11) is 1.75. The van der Waals surface area contributed by atoms with Gasteiger partial charge in [0.15, 0.2) is 5.69 Å². The Bertz CT molecular complexity index is 367. The molecule has 82 valence electrons. The molecule has 0 atom stereocenters. The van der Waals surface area contributed by atoms with Crippen molar-refractivity contribution in [3.8, 4) is 0 Å². The highest BCUT2D eigenvalue weighted by molar-refractivity contribution is 5.96. The van der Waals surface area contributed by atoms with E-state index in [0.717, 1.165) is 18.9 Å². The average molecular weight is 208 g/mol. The minimum atomic E-state index is -0.172. The van der Waals surface area contributed by atoms with E-state index < -0.39 is 0 Å². The number of nitrogen functional groups attached to an aromatic ring is 1. The second-order valence-electron chi connectivity index (χ2n) is 4.09. The summed E-state index contributed by atoms with van der Waals surface area (Å²) in [6.45, 7) is 0.722. The van der Waals surface area contributed by atoms with Crippen molar-refractivity contribution in [2.75, 3.05) is 12.3 Å². The lowest BCUT2D eigenvalue weighted by atomic mass is 10.3. The fourth-order valence-corrected chi connectivity index (χ4v) is 1.56. The highest BCUT2D eigenvalue weighted by Crippen LogP contribution is 2.31. The third-order valence-corrected chi connectivity index (χ3v) is 2.61. The molecular formula is C10H16N4O. The van der Waals surface area contributed by atoms with Crippen LogP contribution in [0.2, 0.25) is 0 Å². The Labute approximate surface area is 88.6 Å². The van der Waals surface area contributed by atoms with Crippen LogP contribution in [0.3, 0.4) is 0 Å². The lowest BCUT2D eigenvalue weighted by Crippen LogP contribution is -2.26. The molecule has 0 bridgehead atoms. The SMILES string of the molecule is Cn1cc(N)c(C(=O)NCCC2CC2)n1. The van der Waals surface area contributed by atoms with Gasteiger partial charge in [-0.25, -0.2) is 0 Å². The monoisotopic (exact) mass is 208 g/mol. The van der Waals surface area contributed by atoms with Gasteiger partial charge in [-0.15, -0.1) is 0 Å². The van der Waals surface area contributed by atoms with E-state index >= 15 is 0 Å². The van der Waals surface area contributed by atoms with Crippen LogP contribution >= 0.6 is 0 Å². The first-order valence-electron chi connectivity index (χ1n) is 5.24. The maximum atomic E-state index is 11.6. The standard InChI is InChI=1S/C10H16N4O/c1-14-6-8(11)9(13-14)10(15)12-5-4-7-2-3-7/h6-7H,2-5,11H2,1H3,(H,12,15). The second-order valence-corrected chi connectivity index (χ2v) is 4.09.